The average molecular weight is 301 g/mol. The van der Waals surface area contributed by atoms with Crippen LogP contribution in [0.2, 0.25) is 0 Å². The second kappa shape index (κ2) is 5.64. The molecule has 0 aromatic carbocycles. The number of ether oxygens (including phenoxy) is 1. The number of rotatable bonds is 4. The lowest BCUT2D eigenvalue weighted by molar-refractivity contribution is 0.193. The van der Waals surface area contributed by atoms with Gasteiger partial charge >= 0.3 is 0 Å². The van der Waals surface area contributed by atoms with E-state index < -0.39 is 0 Å². The van der Waals surface area contributed by atoms with Crippen molar-refractivity contribution in [1.82, 2.24) is 9.97 Å². The maximum atomic E-state index is 5.40. The smallest absolute Gasteiger partial charge is 0.224 e. The Kier molecular flexibility index (Phi) is 4.17. The molecule has 0 amide bonds. The average Bonchev–Trinajstić information content (AvgIpc) is 2.85. The molecule has 1 aliphatic rings. The lowest BCUT2D eigenvalue weighted by Gasteiger charge is -2.25. The summed E-state index contributed by atoms with van der Waals surface area (Å²) in [7, 11) is 2.04. The fourth-order valence-corrected chi connectivity index (χ4v) is 2.32. The largest absolute Gasteiger partial charge is 0.379 e. The van der Waals surface area contributed by atoms with E-state index in [-0.39, 0.29) is 0 Å². The van der Waals surface area contributed by atoms with E-state index in [0.717, 1.165) is 36.5 Å². The molecule has 0 saturated carbocycles. The highest BCUT2D eigenvalue weighted by molar-refractivity contribution is 9.10. The van der Waals surface area contributed by atoms with Crippen molar-refractivity contribution in [3.63, 3.8) is 0 Å². The number of likely N-dealkylation sites (N-methyl/N-ethyl adjacent to an activating group) is 1. The lowest BCUT2D eigenvalue weighted by atomic mass is 10.2. The molecule has 1 atom stereocenters. The van der Waals surface area contributed by atoms with E-state index in [0.29, 0.717) is 12.0 Å². The molecule has 2 rings (SSSR count). The van der Waals surface area contributed by atoms with Gasteiger partial charge in [-0.05, 0) is 29.3 Å². The summed E-state index contributed by atoms with van der Waals surface area (Å²) in [4.78, 5) is 10.9. The highest BCUT2D eigenvalue weighted by Gasteiger charge is 2.23. The molecule has 2 heterocycles. The number of halogens is 1. The zero-order chi connectivity index (χ0) is 12.3. The second-order valence-electron chi connectivity index (χ2n) is 4.02. The van der Waals surface area contributed by atoms with Crippen molar-refractivity contribution in [1.29, 1.82) is 0 Å². The zero-order valence-corrected chi connectivity index (χ0v) is 11.7. The molecule has 1 aliphatic heterocycles. The molecule has 1 fully saturated rings. The molecular formula is C11H17BrN4O. The Morgan fingerprint density at radius 1 is 1.65 bits per heavy atom. The summed E-state index contributed by atoms with van der Waals surface area (Å²) in [5.74, 6) is 1.57. The van der Waals surface area contributed by atoms with E-state index in [9.17, 15) is 0 Å². The van der Waals surface area contributed by atoms with E-state index in [2.05, 4.69) is 36.1 Å². The van der Waals surface area contributed by atoms with Gasteiger partial charge in [0.1, 0.15) is 5.82 Å². The van der Waals surface area contributed by atoms with Crippen molar-refractivity contribution in [2.45, 2.75) is 19.4 Å². The molecule has 0 radical (unpaired) electrons. The fraction of sp³-hybridized carbons (Fsp3) is 0.636. The van der Waals surface area contributed by atoms with Gasteiger partial charge in [-0.25, -0.2) is 4.98 Å². The molecule has 5 nitrogen and oxygen atoms in total. The van der Waals surface area contributed by atoms with Crippen molar-refractivity contribution in [2.75, 3.05) is 37.0 Å². The monoisotopic (exact) mass is 300 g/mol. The fourth-order valence-electron chi connectivity index (χ4n) is 1.85. The van der Waals surface area contributed by atoms with Crippen molar-refractivity contribution in [3.8, 4) is 0 Å². The normalized spacial score (nSPS) is 19.4. The summed E-state index contributed by atoms with van der Waals surface area (Å²) in [5.41, 5.74) is 0. The van der Waals surface area contributed by atoms with E-state index in [1.807, 2.05) is 14.0 Å². The van der Waals surface area contributed by atoms with Gasteiger partial charge in [-0.3, -0.25) is 0 Å². The number of anilines is 2. The summed E-state index contributed by atoms with van der Waals surface area (Å²) in [5, 5.41) is 3.12. The maximum Gasteiger partial charge on any atom is 0.224 e. The Morgan fingerprint density at radius 2 is 2.47 bits per heavy atom. The summed E-state index contributed by atoms with van der Waals surface area (Å²) < 4.78 is 6.31. The van der Waals surface area contributed by atoms with Crippen molar-refractivity contribution in [3.05, 3.63) is 10.7 Å². The van der Waals surface area contributed by atoms with Gasteiger partial charge in [0.15, 0.2) is 0 Å². The van der Waals surface area contributed by atoms with Gasteiger partial charge in [0.2, 0.25) is 5.95 Å². The second-order valence-corrected chi connectivity index (χ2v) is 4.88. The van der Waals surface area contributed by atoms with Gasteiger partial charge < -0.3 is 15.0 Å². The Bertz CT molecular complexity index is 382. The first-order valence-electron chi connectivity index (χ1n) is 5.79. The maximum absolute atomic E-state index is 5.40. The van der Waals surface area contributed by atoms with Crippen LogP contribution in [0.1, 0.15) is 13.3 Å². The molecule has 0 bridgehead atoms. The van der Waals surface area contributed by atoms with Gasteiger partial charge in [-0.15, -0.1) is 0 Å². The molecule has 0 spiro atoms. The first-order valence-corrected chi connectivity index (χ1v) is 6.58. The molecule has 1 saturated heterocycles. The predicted molar refractivity (Wildman–Crippen MR) is 71.5 cm³/mol. The molecule has 94 valence electrons. The number of aromatic nitrogens is 2. The van der Waals surface area contributed by atoms with Crippen LogP contribution >= 0.6 is 15.9 Å². The van der Waals surface area contributed by atoms with Crippen LogP contribution < -0.4 is 10.2 Å². The van der Waals surface area contributed by atoms with Gasteiger partial charge in [-0.2, -0.15) is 4.98 Å². The first-order chi connectivity index (χ1) is 8.22. The molecular weight excluding hydrogens is 284 g/mol. The van der Waals surface area contributed by atoms with Crippen LogP contribution in [-0.2, 0) is 4.74 Å². The molecule has 1 N–H and O–H groups in total. The van der Waals surface area contributed by atoms with Gasteiger partial charge in [0.25, 0.3) is 0 Å². The van der Waals surface area contributed by atoms with Crippen LogP contribution in [0.5, 0.6) is 0 Å². The Balaban J connectivity index is 2.19. The van der Waals surface area contributed by atoms with Crippen molar-refractivity contribution < 1.29 is 4.74 Å². The van der Waals surface area contributed by atoms with Gasteiger partial charge in [0.05, 0.1) is 17.1 Å². The Hall–Kier alpha value is -0.880. The third-order valence-corrected chi connectivity index (χ3v) is 3.41. The van der Waals surface area contributed by atoms with Crippen LogP contribution in [-0.4, -0.2) is 42.8 Å². The van der Waals surface area contributed by atoms with Gasteiger partial charge in [0, 0.05) is 26.4 Å². The quantitative estimate of drug-likeness (QED) is 0.920. The third-order valence-electron chi connectivity index (χ3n) is 2.85. The minimum Gasteiger partial charge on any atom is -0.379 e. The minimum absolute atomic E-state index is 0.399. The summed E-state index contributed by atoms with van der Waals surface area (Å²) in [6, 6.07) is 0.399. The van der Waals surface area contributed by atoms with Crippen molar-refractivity contribution in [2.24, 2.45) is 0 Å². The molecule has 0 aliphatic carbocycles. The van der Waals surface area contributed by atoms with Crippen LogP contribution in [0.4, 0.5) is 11.8 Å². The van der Waals surface area contributed by atoms with E-state index in [4.69, 9.17) is 4.74 Å². The molecule has 1 aromatic rings. The third kappa shape index (κ3) is 2.87. The lowest BCUT2D eigenvalue weighted by Crippen LogP contribution is -2.33. The summed E-state index contributed by atoms with van der Waals surface area (Å²) in [6.07, 6.45) is 2.83. The summed E-state index contributed by atoms with van der Waals surface area (Å²) in [6.45, 7) is 4.44. The predicted octanol–water partition coefficient (Wildman–Crippen LogP) is 1.90. The minimum atomic E-state index is 0.399. The Morgan fingerprint density at radius 3 is 3.12 bits per heavy atom. The highest BCUT2D eigenvalue weighted by atomic mass is 79.9. The van der Waals surface area contributed by atoms with Gasteiger partial charge in [-0.1, -0.05) is 0 Å². The van der Waals surface area contributed by atoms with E-state index in [1.54, 1.807) is 6.20 Å². The van der Waals surface area contributed by atoms with E-state index >= 15 is 0 Å². The van der Waals surface area contributed by atoms with Crippen LogP contribution in [0.3, 0.4) is 0 Å². The number of hydrogen-bond donors (Lipinski definition) is 1. The zero-order valence-electron chi connectivity index (χ0n) is 10.1. The standard InChI is InChI=1S/C11H17BrN4O/c1-3-13-11-14-6-9(12)10(15-11)16(2)8-4-5-17-7-8/h6,8H,3-5,7H2,1-2H3,(H,13,14,15). The van der Waals surface area contributed by atoms with Crippen LogP contribution in [0, 0.1) is 0 Å². The molecule has 17 heavy (non-hydrogen) atoms. The summed E-state index contributed by atoms with van der Waals surface area (Å²) >= 11 is 3.49. The van der Waals surface area contributed by atoms with Crippen LogP contribution in [0.25, 0.3) is 0 Å². The molecule has 1 unspecified atom stereocenters. The van der Waals surface area contributed by atoms with Crippen LogP contribution in [0.15, 0.2) is 10.7 Å². The molecule has 6 heteroatoms. The number of nitrogens with one attached hydrogen (secondary N) is 1. The SMILES string of the molecule is CCNc1ncc(Br)c(N(C)C2CCOC2)n1. The topological polar surface area (TPSA) is 50.3 Å². The first kappa shape index (κ1) is 12.6. The van der Waals surface area contributed by atoms with E-state index in [1.165, 1.54) is 0 Å². The highest BCUT2D eigenvalue weighted by Crippen LogP contribution is 2.26. The molecule has 1 aromatic heterocycles. The van der Waals surface area contributed by atoms with Crippen molar-refractivity contribution >= 4 is 27.7 Å². The Labute approximate surface area is 110 Å². The number of hydrogen-bond acceptors (Lipinski definition) is 5. The number of nitrogens with zero attached hydrogens (tertiary/aromatic N) is 3.